The highest BCUT2D eigenvalue weighted by Gasteiger charge is 2.28. The third kappa shape index (κ3) is 47.9. The Morgan fingerprint density at radius 2 is 0.631 bits per heavy atom. The molecular weight excluding hydrogens is 803 g/mol. The van der Waals surface area contributed by atoms with Crippen molar-refractivity contribution < 1.29 is 25.2 Å². The molecule has 0 fully saturated rings. The van der Waals surface area contributed by atoms with Crippen molar-refractivity contribution in [2.24, 2.45) is 0 Å². The Balaban J connectivity index is 3.61. The molecule has 0 aliphatic heterocycles. The predicted octanol–water partition coefficient (Wildman–Crippen LogP) is 17.3. The zero-order valence-electron chi connectivity index (χ0n) is 44.0. The first-order chi connectivity index (χ1) is 32.0. The van der Waals surface area contributed by atoms with Gasteiger partial charge in [0.25, 0.3) is 0 Å². The molecule has 6 nitrogen and oxygen atoms in total. The average molecular weight is 921 g/mol. The Kier molecular flexibility index (Phi) is 53.2. The number of hydrogen-bond acceptors (Lipinski definition) is 5. The van der Waals surface area contributed by atoms with E-state index in [0.717, 1.165) is 38.5 Å². The smallest absolute Gasteiger partial charge is 0.249 e. The van der Waals surface area contributed by atoms with E-state index < -0.39 is 36.9 Å². The molecule has 0 bridgehead atoms. The molecule has 0 aliphatic carbocycles. The van der Waals surface area contributed by atoms with E-state index in [4.69, 9.17) is 0 Å². The van der Waals surface area contributed by atoms with Gasteiger partial charge in [-0.25, -0.2) is 0 Å². The molecule has 4 unspecified atom stereocenters. The fourth-order valence-corrected chi connectivity index (χ4v) is 9.59. The van der Waals surface area contributed by atoms with Gasteiger partial charge in [-0.05, 0) is 38.5 Å². The Hall–Kier alpha value is -0.950. The zero-order chi connectivity index (χ0) is 47.4. The monoisotopic (exact) mass is 920 g/mol. The lowest BCUT2D eigenvalue weighted by atomic mass is 10.00. The summed E-state index contributed by atoms with van der Waals surface area (Å²) in [6.45, 7) is 4.09. The first-order valence-electron chi connectivity index (χ1n) is 29.6. The van der Waals surface area contributed by atoms with Crippen LogP contribution >= 0.6 is 0 Å². The van der Waals surface area contributed by atoms with E-state index in [2.05, 4.69) is 31.3 Å². The molecule has 4 atom stereocenters. The van der Waals surface area contributed by atoms with E-state index in [1.54, 1.807) is 0 Å². The van der Waals surface area contributed by atoms with Crippen LogP contribution in [0.5, 0.6) is 0 Å². The van der Waals surface area contributed by atoms with E-state index in [0.29, 0.717) is 12.8 Å². The maximum absolute atomic E-state index is 12.6. The van der Waals surface area contributed by atoms with Crippen molar-refractivity contribution in [2.45, 2.75) is 353 Å². The summed E-state index contributed by atoms with van der Waals surface area (Å²) in [6, 6.07) is -0.999. The summed E-state index contributed by atoms with van der Waals surface area (Å²) in [7, 11) is 0. The Morgan fingerprint density at radius 3 is 0.923 bits per heavy atom. The highest BCUT2D eigenvalue weighted by atomic mass is 16.3. The van der Waals surface area contributed by atoms with Crippen LogP contribution in [0.4, 0.5) is 0 Å². The van der Waals surface area contributed by atoms with E-state index in [-0.39, 0.29) is 0 Å². The molecule has 0 saturated carbocycles. The van der Waals surface area contributed by atoms with Crippen molar-refractivity contribution in [3.05, 3.63) is 12.2 Å². The highest BCUT2D eigenvalue weighted by Crippen LogP contribution is 2.18. The summed E-state index contributed by atoms with van der Waals surface area (Å²) in [6.07, 6.45) is 64.4. The SMILES string of the molecule is CCCCCCCCCCCCCCCCCCCCCCCC/C=C/CCCC(O)C(O)C(CO)NC(=O)C(O)CCCCCCCCCCCCCCCCCCCCCCCC. The summed E-state index contributed by atoms with van der Waals surface area (Å²) in [5, 5.41) is 44.0. The molecule has 1 amide bonds. The quantitative estimate of drug-likeness (QED) is 0.0308. The number of aliphatic hydroxyl groups is 4. The molecule has 0 aliphatic rings. The van der Waals surface area contributed by atoms with Gasteiger partial charge in [-0.15, -0.1) is 0 Å². The van der Waals surface area contributed by atoms with Crippen molar-refractivity contribution in [1.82, 2.24) is 5.32 Å². The minimum Gasteiger partial charge on any atom is -0.394 e. The van der Waals surface area contributed by atoms with Crippen LogP contribution in [0.15, 0.2) is 12.2 Å². The first-order valence-corrected chi connectivity index (χ1v) is 29.6. The highest BCUT2D eigenvalue weighted by molar-refractivity contribution is 5.80. The van der Waals surface area contributed by atoms with Gasteiger partial charge in [-0.2, -0.15) is 0 Å². The molecule has 65 heavy (non-hydrogen) atoms. The number of allylic oxidation sites excluding steroid dienone is 2. The predicted molar refractivity (Wildman–Crippen MR) is 284 cm³/mol. The van der Waals surface area contributed by atoms with Crippen LogP contribution in [-0.4, -0.2) is 57.3 Å². The zero-order valence-corrected chi connectivity index (χ0v) is 44.0. The summed E-state index contributed by atoms with van der Waals surface area (Å²) in [5.41, 5.74) is 0. The van der Waals surface area contributed by atoms with Crippen LogP contribution in [0, 0.1) is 0 Å². The van der Waals surface area contributed by atoms with Crippen LogP contribution in [0.1, 0.15) is 328 Å². The number of hydrogen-bond donors (Lipinski definition) is 5. The molecule has 0 heterocycles. The maximum Gasteiger partial charge on any atom is 0.249 e. The van der Waals surface area contributed by atoms with Crippen molar-refractivity contribution in [3.8, 4) is 0 Å². The molecule has 0 radical (unpaired) electrons. The van der Waals surface area contributed by atoms with Crippen LogP contribution in [0.2, 0.25) is 0 Å². The largest absolute Gasteiger partial charge is 0.394 e. The molecule has 388 valence electrons. The summed E-state index contributed by atoms with van der Waals surface area (Å²) in [5.74, 6) is -0.586. The number of aliphatic hydroxyl groups excluding tert-OH is 4. The molecule has 0 aromatic rings. The van der Waals surface area contributed by atoms with Crippen molar-refractivity contribution in [3.63, 3.8) is 0 Å². The van der Waals surface area contributed by atoms with Gasteiger partial charge in [-0.3, -0.25) is 4.79 Å². The van der Waals surface area contributed by atoms with Gasteiger partial charge in [0, 0.05) is 0 Å². The van der Waals surface area contributed by atoms with Crippen molar-refractivity contribution in [1.29, 1.82) is 0 Å². The second-order valence-corrected chi connectivity index (χ2v) is 20.7. The van der Waals surface area contributed by atoms with Crippen LogP contribution < -0.4 is 5.32 Å². The van der Waals surface area contributed by atoms with E-state index in [9.17, 15) is 25.2 Å². The van der Waals surface area contributed by atoms with Gasteiger partial charge in [0.15, 0.2) is 0 Å². The molecule has 6 heteroatoms. The average Bonchev–Trinajstić information content (AvgIpc) is 3.31. The van der Waals surface area contributed by atoms with Crippen LogP contribution in [0.25, 0.3) is 0 Å². The standard InChI is InChI=1S/C59H117NO5/c1-3-5-7-9-11-13-15-17-19-21-23-25-27-28-29-30-31-33-34-36-38-40-42-44-46-48-50-52-56(62)58(64)55(54-61)60-59(65)57(63)53-51-49-47-45-43-41-39-37-35-32-26-24-22-20-18-16-14-12-10-8-6-4-2/h44,46,55-58,61-64H,3-43,45,47-54H2,1-2H3,(H,60,65)/b46-44+. The minimum atomic E-state index is -1.28. The molecule has 0 aromatic heterocycles. The van der Waals surface area contributed by atoms with E-state index in [1.807, 2.05) is 0 Å². The number of nitrogens with one attached hydrogen (secondary N) is 1. The first kappa shape index (κ1) is 64.0. The van der Waals surface area contributed by atoms with Gasteiger partial charge >= 0.3 is 0 Å². The molecule has 0 saturated heterocycles. The van der Waals surface area contributed by atoms with Gasteiger partial charge in [0.05, 0.1) is 18.8 Å². The lowest BCUT2D eigenvalue weighted by molar-refractivity contribution is -0.132. The molecule has 0 spiro atoms. The number of amides is 1. The second-order valence-electron chi connectivity index (χ2n) is 20.7. The maximum atomic E-state index is 12.6. The summed E-state index contributed by atoms with van der Waals surface area (Å²) >= 11 is 0. The Morgan fingerprint density at radius 1 is 0.369 bits per heavy atom. The Bertz CT molecular complexity index is 944. The summed E-state index contributed by atoms with van der Waals surface area (Å²) < 4.78 is 0. The number of carbonyl (C=O) groups excluding carboxylic acids is 1. The number of unbranched alkanes of at least 4 members (excludes halogenated alkanes) is 44. The lowest BCUT2D eigenvalue weighted by Gasteiger charge is -2.27. The number of rotatable bonds is 55. The van der Waals surface area contributed by atoms with Gasteiger partial charge in [0.2, 0.25) is 5.91 Å². The molecule has 0 rings (SSSR count). The minimum absolute atomic E-state index is 0.369. The third-order valence-corrected chi connectivity index (χ3v) is 14.2. The van der Waals surface area contributed by atoms with Crippen LogP contribution in [-0.2, 0) is 4.79 Å². The fourth-order valence-electron chi connectivity index (χ4n) is 9.59. The number of carbonyl (C=O) groups is 1. The third-order valence-electron chi connectivity index (χ3n) is 14.2. The van der Waals surface area contributed by atoms with Gasteiger partial charge in [-0.1, -0.05) is 302 Å². The fraction of sp³-hybridized carbons (Fsp3) is 0.949. The Labute approximate surface area is 406 Å². The molecular formula is C59H117NO5. The van der Waals surface area contributed by atoms with Gasteiger partial charge < -0.3 is 25.7 Å². The molecule has 0 aromatic carbocycles. The van der Waals surface area contributed by atoms with Crippen molar-refractivity contribution >= 4 is 5.91 Å². The van der Waals surface area contributed by atoms with Gasteiger partial charge in [0.1, 0.15) is 12.2 Å². The topological polar surface area (TPSA) is 110 Å². The normalized spacial score (nSPS) is 13.8. The van der Waals surface area contributed by atoms with Crippen LogP contribution in [0.3, 0.4) is 0 Å². The van der Waals surface area contributed by atoms with E-state index >= 15 is 0 Å². The van der Waals surface area contributed by atoms with E-state index in [1.165, 1.54) is 263 Å². The summed E-state index contributed by atoms with van der Waals surface area (Å²) in [4.78, 5) is 12.6. The second kappa shape index (κ2) is 54.0. The molecule has 5 N–H and O–H groups in total. The van der Waals surface area contributed by atoms with Crippen molar-refractivity contribution in [2.75, 3.05) is 6.61 Å². The lowest BCUT2D eigenvalue weighted by Crippen LogP contribution is -2.53.